The summed E-state index contributed by atoms with van der Waals surface area (Å²) in [5, 5.41) is 0. The van der Waals surface area contributed by atoms with Gasteiger partial charge in [0.1, 0.15) is 5.82 Å². The third-order valence-corrected chi connectivity index (χ3v) is 3.87. The first-order chi connectivity index (χ1) is 9.13. The van der Waals surface area contributed by atoms with Crippen LogP contribution in [0.25, 0.3) is 11.2 Å². The summed E-state index contributed by atoms with van der Waals surface area (Å²) in [7, 11) is 0. The van der Waals surface area contributed by atoms with Gasteiger partial charge in [0.15, 0.2) is 11.8 Å². The SMILES string of the molecule is CC(OC(=O)C1CCC1)c1nc2ncc(Br)cc2[nH]1. The lowest BCUT2D eigenvalue weighted by Crippen LogP contribution is -2.25. The highest BCUT2D eigenvalue weighted by molar-refractivity contribution is 9.10. The van der Waals surface area contributed by atoms with Crippen molar-refractivity contribution in [3.05, 3.63) is 22.6 Å². The van der Waals surface area contributed by atoms with Crippen LogP contribution in [-0.2, 0) is 9.53 Å². The van der Waals surface area contributed by atoms with Gasteiger partial charge in [-0.1, -0.05) is 6.42 Å². The minimum absolute atomic E-state index is 0.0825. The first kappa shape index (κ1) is 12.6. The molecule has 1 saturated carbocycles. The summed E-state index contributed by atoms with van der Waals surface area (Å²) in [4.78, 5) is 23.5. The molecule has 0 saturated heterocycles. The van der Waals surface area contributed by atoms with Crippen molar-refractivity contribution in [2.24, 2.45) is 5.92 Å². The second-order valence-corrected chi connectivity index (χ2v) is 5.77. The molecule has 19 heavy (non-hydrogen) atoms. The number of aromatic amines is 1. The summed E-state index contributed by atoms with van der Waals surface area (Å²) in [6.07, 6.45) is 4.33. The Balaban J connectivity index is 1.77. The van der Waals surface area contributed by atoms with Gasteiger partial charge in [-0.2, -0.15) is 0 Å². The lowest BCUT2D eigenvalue weighted by Gasteiger charge is -2.24. The average molecular weight is 324 g/mol. The number of carbonyl (C=O) groups excluding carboxylic acids is 1. The number of aromatic nitrogens is 3. The largest absolute Gasteiger partial charge is 0.454 e. The number of pyridine rings is 1. The van der Waals surface area contributed by atoms with E-state index in [2.05, 4.69) is 30.9 Å². The number of rotatable bonds is 3. The van der Waals surface area contributed by atoms with Crippen LogP contribution in [0.2, 0.25) is 0 Å². The fourth-order valence-electron chi connectivity index (χ4n) is 2.06. The molecule has 0 spiro atoms. The van der Waals surface area contributed by atoms with Gasteiger partial charge >= 0.3 is 5.97 Å². The molecule has 2 aromatic heterocycles. The molecule has 5 nitrogen and oxygen atoms in total. The number of nitrogens with zero attached hydrogens (tertiary/aromatic N) is 2. The van der Waals surface area contributed by atoms with E-state index in [0.29, 0.717) is 11.5 Å². The van der Waals surface area contributed by atoms with E-state index < -0.39 is 0 Å². The van der Waals surface area contributed by atoms with Crippen molar-refractivity contribution in [1.29, 1.82) is 0 Å². The molecule has 100 valence electrons. The highest BCUT2D eigenvalue weighted by atomic mass is 79.9. The molecule has 0 amide bonds. The molecule has 1 unspecified atom stereocenters. The molecule has 1 atom stereocenters. The van der Waals surface area contributed by atoms with Crippen LogP contribution in [0.5, 0.6) is 0 Å². The Morgan fingerprint density at radius 3 is 3.05 bits per heavy atom. The fourth-order valence-corrected chi connectivity index (χ4v) is 2.39. The smallest absolute Gasteiger partial charge is 0.309 e. The van der Waals surface area contributed by atoms with E-state index in [-0.39, 0.29) is 18.0 Å². The number of hydrogen-bond donors (Lipinski definition) is 1. The predicted octanol–water partition coefficient (Wildman–Crippen LogP) is 3.12. The molecule has 0 aliphatic heterocycles. The van der Waals surface area contributed by atoms with E-state index in [1.807, 2.05) is 13.0 Å². The maximum Gasteiger partial charge on any atom is 0.309 e. The zero-order valence-electron chi connectivity index (χ0n) is 10.5. The van der Waals surface area contributed by atoms with E-state index in [4.69, 9.17) is 4.74 Å². The molecular formula is C13H14BrN3O2. The minimum Gasteiger partial charge on any atom is -0.454 e. The Bertz CT molecular complexity index is 621. The van der Waals surface area contributed by atoms with Crippen LogP contribution in [0.1, 0.15) is 38.1 Å². The lowest BCUT2D eigenvalue weighted by atomic mass is 9.86. The Labute approximate surface area is 118 Å². The average Bonchev–Trinajstić information content (AvgIpc) is 2.69. The molecule has 1 aliphatic rings. The first-order valence-electron chi connectivity index (χ1n) is 6.35. The molecule has 2 aromatic rings. The van der Waals surface area contributed by atoms with Crippen molar-refractivity contribution in [3.8, 4) is 0 Å². The van der Waals surface area contributed by atoms with Crippen LogP contribution in [0.15, 0.2) is 16.7 Å². The van der Waals surface area contributed by atoms with Crippen LogP contribution in [-0.4, -0.2) is 20.9 Å². The maximum atomic E-state index is 11.8. The molecule has 0 aromatic carbocycles. The lowest BCUT2D eigenvalue weighted by molar-refractivity contribution is -0.156. The maximum absolute atomic E-state index is 11.8. The molecule has 0 radical (unpaired) electrons. The van der Waals surface area contributed by atoms with E-state index in [9.17, 15) is 4.79 Å². The summed E-state index contributed by atoms with van der Waals surface area (Å²) in [6, 6.07) is 1.90. The van der Waals surface area contributed by atoms with Crippen molar-refractivity contribution >= 4 is 33.1 Å². The standard InChI is InChI=1S/C13H14BrN3O2/c1-7(19-13(18)8-3-2-4-8)11-16-10-5-9(14)6-15-12(10)17-11/h5-8H,2-4H2,1H3,(H,15,16,17). The predicted molar refractivity (Wildman–Crippen MR) is 73.4 cm³/mol. The van der Waals surface area contributed by atoms with E-state index >= 15 is 0 Å². The third-order valence-electron chi connectivity index (χ3n) is 3.44. The van der Waals surface area contributed by atoms with E-state index in [1.165, 1.54) is 0 Å². The zero-order valence-corrected chi connectivity index (χ0v) is 12.1. The van der Waals surface area contributed by atoms with Gasteiger partial charge in [0, 0.05) is 10.7 Å². The van der Waals surface area contributed by atoms with Gasteiger partial charge in [-0.3, -0.25) is 4.79 Å². The summed E-state index contributed by atoms with van der Waals surface area (Å²) >= 11 is 3.36. The molecule has 0 bridgehead atoms. The van der Waals surface area contributed by atoms with Crippen molar-refractivity contribution in [2.45, 2.75) is 32.3 Å². The van der Waals surface area contributed by atoms with Crippen molar-refractivity contribution < 1.29 is 9.53 Å². The number of carbonyl (C=O) groups is 1. The van der Waals surface area contributed by atoms with Crippen molar-refractivity contribution in [1.82, 2.24) is 15.0 Å². The van der Waals surface area contributed by atoms with E-state index in [0.717, 1.165) is 29.3 Å². The van der Waals surface area contributed by atoms with Crippen LogP contribution in [0.3, 0.4) is 0 Å². The topological polar surface area (TPSA) is 67.9 Å². The van der Waals surface area contributed by atoms with Gasteiger partial charge < -0.3 is 9.72 Å². The highest BCUT2D eigenvalue weighted by Crippen LogP contribution is 2.29. The van der Waals surface area contributed by atoms with Crippen molar-refractivity contribution in [3.63, 3.8) is 0 Å². The number of nitrogens with one attached hydrogen (secondary N) is 1. The van der Waals surface area contributed by atoms with Gasteiger partial charge in [-0.25, -0.2) is 9.97 Å². The summed E-state index contributed by atoms with van der Waals surface area (Å²) in [5.41, 5.74) is 1.46. The summed E-state index contributed by atoms with van der Waals surface area (Å²) in [5.74, 6) is 0.598. The van der Waals surface area contributed by atoms with Crippen LogP contribution < -0.4 is 0 Å². The summed E-state index contributed by atoms with van der Waals surface area (Å²) in [6.45, 7) is 1.82. The van der Waals surface area contributed by atoms with Gasteiger partial charge in [0.25, 0.3) is 0 Å². The quantitative estimate of drug-likeness (QED) is 0.881. The minimum atomic E-state index is -0.374. The fraction of sp³-hybridized carbons (Fsp3) is 0.462. The van der Waals surface area contributed by atoms with Gasteiger partial charge in [-0.15, -0.1) is 0 Å². The monoisotopic (exact) mass is 323 g/mol. The summed E-state index contributed by atoms with van der Waals surface area (Å²) < 4.78 is 6.31. The second-order valence-electron chi connectivity index (χ2n) is 4.85. The van der Waals surface area contributed by atoms with Gasteiger partial charge in [0.05, 0.1) is 11.4 Å². The molecule has 1 aliphatic carbocycles. The Kier molecular flexibility index (Phi) is 3.26. The van der Waals surface area contributed by atoms with Gasteiger partial charge in [-0.05, 0) is 41.8 Å². The van der Waals surface area contributed by atoms with Crippen molar-refractivity contribution in [2.75, 3.05) is 0 Å². The first-order valence-corrected chi connectivity index (χ1v) is 7.14. The Hall–Kier alpha value is -1.43. The molecule has 1 fully saturated rings. The highest BCUT2D eigenvalue weighted by Gasteiger charge is 2.28. The number of esters is 1. The Morgan fingerprint density at radius 1 is 1.58 bits per heavy atom. The number of ether oxygens (including phenoxy) is 1. The molecule has 2 heterocycles. The van der Waals surface area contributed by atoms with E-state index in [1.54, 1.807) is 6.20 Å². The molecular weight excluding hydrogens is 310 g/mol. The van der Waals surface area contributed by atoms with Crippen LogP contribution in [0, 0.1) is 5.92 Å². The number of imidazole rings is 1. The zero-order chi connectivity index (χ0) is 13.4. The number of H-pyrrole nitrogens is 1. The molecule has 1 N–H and O–H groups in total. The molecule has 6 heteroatoms. The number of hydrogen-bond acceptors (Lipinski definition) is 4. The Morgan fingerprint density at radius 2 is 2.37 bits per heavy atom. The number of fused-ring (bicyclic) bond motifs is 1. The van der Waals surface area contributed by atoms with Gasteiger partial charge in [0.2, 0.25) is 0 Å². The second kappa shape index (κ2) is 4.92. The third kappa shape index (κ3) is 2.49. The number of halogens is 1. The molecule has 3 rings (SSSR count). The van der Waals surface area contributed by atoms with Crippen LogP contribution >= 0.6 is 15.9 Å². The normalized spacial score (nSPS) is 17.2. The van der Waals surface area contributed by atoms with Crippen LogP contribution in [0.4, 0.5) is 0 Å².